The molecule has 31 nitrogen and oxygen atoms in total. The third-order valence-corrected chi connectivity index (χ3v) is 12.4. The summed E-state index contributed by atoms with van der Waals surface area (Å²) in [5.74, 6) is -5.81. The lowest BCUT2D eigenvalue weighted by Gasteiger charge is -2.45. The zero-order valence-electron chi connectivity index (χ0n) is 42.1. The van der Waals surface area contributed by atoms with Gasteiger partial charge in [-0.2, -0.15) is 16.0 Å². The quantitative estimate of drug-likeness (QED) is 0.0153. The van der Waals surface area contributed by atoms with E-state index < -0.39 is 138 Å². The molecule has 0 radical (unpaired) electrons. The molecule has 0 atom stereocenters. The van der Waals surface area contributed by atoms with E-state index in [1.54, 1.807) is 9.96 Å². The van der Waals surface area contributed by atoms with Gasteiger partial charge in [-0.05, 0) is 19.3 Å². The van der Waals surface area contributed by atoms with Crippen molar-refractivity contribution in [2.75, 3.05) is 184 Å². The standard InChI is InChI=1S/C43H83N9O22/c53-16-2-6-47(8-4-35(63)44-40(26-54,27-55)28-56)11-13-52(14-12-48(15-19-73-46-42(32-60,33-61)34-62)7-3-17-72-45-41(29-57,30-58)31-59)74-18-1-5-43(51(22-38(68)69)23-39(70)71)24-49(20-36(64)65)9-10-50(25-43)21-37(66)67/h16,45-46,54-62H,1-15,17-34H2,(H,44,63)(H,64,65)(H,66,67)(H,68,69)(H,70,71). The van der Waals surface area contributed by atoms with Crippen molar-refractivity contribution in [3.63, 3.8) is 0 Å². The molecular formula is C43H83N9O22. The topological polar surface area (TPSA) is 449 Å². The van der Waals surface area contributed by atoms with Gasteiger partial charge in [-0.15, -0.1) is 0 Å². The minimum Gasteiger partial charge on any atom is -0.480 e. The average molecular weight is 1080 g/mol. The lowest BCUT2D eigenvalue weighted by molar-refractivity contribution is -0.167. The number of aldehydes is 1. The van der Waals surface area contributed by atoms with Crippen LogP contribution in [0.25, 0.3) is 0 Å². The molecule has 0 aliphatic carbocycles. The van der Waals surface area contributed by atoms with Crippen LogP contribution in [0.3, 0.4) is 0 Å². The highest BCUT2D eigenvalue weighted by Crippen LogP contribution is 2.28. The van der Waals surface area contributed by atoms with Crippen molar-refractivity contribution in [1.29, 1.82) is 0 Å². The lowest BCUT2D eigenvalue weighted by atomic mass is 9.89. The number of carbonyl (C=O) groups excluding carboxylic acids is 2. The summed E-state index contributed by atoms with van der Waals surface area (Å²) in [7, 11) is 0. The van der Waals surface area contributed by atoms with Crippen molar-refractivity contribution in [3.05, 3.63) is 0 Å². The van der Waals surface area contributed by atoms with Crippen molar-refractivity contribution in [2.24, 2.45) is 0 Å². The van der Waals surface area contributed by atoms with Crippen molar-refractivity contribution in [3.8, 4) is 0 Å². The molecule has 0 bridgehead atoms. The SMILES string of the molecule is O=CCCN(CCC(=O)NC(CO)(CO)CO)CCN(CCN(CCCONC(CO)(CO)CO)CCONC(CO)(CO)CO)OCCCC1(N(CC(=O)O)CC(=O)O)CN(CC(=O)O)CCN(CC(=O)O)C1. The summed E-state index contributed by atoms with van der Waals surface area (Å²) in [6.07, 6.45) is 0.989. The lowest BCUT2D eigenvalue weighted by Crippen LogP contribution is -2.62. The van der Waals surface area contributed by atoms with Crippen LogP contribution in [0.1, 0.15) is 32.1 Å². The van der Waals surface area contributed by atoms with Crippen LogP contribution in [0.2, 0.25) is 0 Å². The van der Waals surface area contributed by atoms with E-state index in [1.165, 1.54) is 14.7 Å². The zero-order valence-corrected chi connectivity index (χ0v) is 42.1. The van der Waals surface area contributed by atoms with Gasteiger partial charge < -0.3 is 86.2 Å². The molecule has 1 fully saturated rings. The number of aliphatic carboxylic acids is 4. The van der Waals surface area contributed by atoms with Gasteiger partial charge in [0.2, 0.25) is 5.91 Å². The number of aliphatic hydroxyl groups is 9. The van der Waals surface area contributed by atoms with Crippen LogP contribution in [0.4, 0.5) is 0 Å². The Morgan fingerprint density at radius 2 is 1.00 bits per heavy atom. The third kappa shape index (κ3) is 25.8. The Hall–Kier alpha value is -3.78. The minimum atomic E-state index is -1.68. The number of amides is 1. The maximum Gasteiger partial charge on any atom is 0.317 e. The zero-order chi connectivity index (χ0) is 55.6. The normalized spacial score (nSPS) is 15.0. The van der Waals surface area contributed by atoms with E-state index in [9.17, 15) is 95.2 Å². The average Bonchev–Trinajstić information content (AvgIpc) is 3.54. The van der Waals surface area contributed by atoms with Crippen molar-refractivity contribution < 1.29 is 110 Å². The summed E-state index contributed by atoms with van der Waals surface area (Å²) < 4.78 is 0. The molecule has 432 valence electrons. The van der Waals surface area contributed by atoms with E-state index in [0.717, 1.165) is 0 Å². The molecule has 16 N–H and O–H groups in total. The van der Waals surface area contributed by atoms with Gasteiger partial charge in [0, 0.05) is 96.9 Å². The summed E-state index contributed by atoms with van der Waals surface area (Å²) in [6.45, 7) is -7.62. The first-order valence-electron chi connectivity index (χ1n) is 24.2. The number of carbonyl (C=O) groups is 6. The number of hydroxylamine groups is 4. The van der Waals surface area contributed by atoms with Gasteiger partial charge in [0.1, 0.15) is 22.9 Å². The van der Waals surface area contributed by atoms with Crippen LogP contribution in [0, 0.1) is 0 Å². The number of carboxylic acid groups (broad SMARTS) is 4. The molecular weight excluding hydrogens is 995 g/mol. The molecule has 0 aromatic carbocycles. The fraction of sp³-hybridized carbons (Fsp3) is 0.860. The highest BCUT2D eigenvalue weighted by atomic mass is 16.7. The molecule has 0 aromatic heterocycles. The second kappa shape index (κ2) is 37.1. The van der Waals surface area contributed by atoms with Gasteiger partial charge in [0.25, 0.3) is 0 Å². The molecule has 0 aromatic rings. The number of nitrogens with one attached hydrogen (secondary N) is 3. The molecule has 1 heterocycles. The first-order valence-corrected chi connectivity index (χ1v) is 24.2. The molecule has 1 saturated heterocycles. The highest BCUT2D eigenvalue weighted by Gasteiger charge is 2.44. The van der Waals surface area contributed by atoms with Gasteiger partial charge >= 0.3 is 23.9 Å². The predicted octanol–water partition coefficient (Wildman–Crippen LogP) is -8.72. The Bertz CT molecular complexity index is 1550. The highest BCUT2D eigenvalue weighted by molar-refractivity contribution is 5.77. The Kier molecular flexibility index (Phi) is 34.2. The number of nitrogens with zero attached hydrogens (tertiary/aromatic N) is 6. The number of carboxylic acids is 4. The van der Waals surface area contributed by atoms with Crippen LogP contribution in [-0.2, 0) is 43.3 Å². The largest absolute Gasteiger partial charge is 0.480 e. The van der Waals surface area contributed by atoms with Crippen LogP contribution >= 0.6 is 0 Å². The fourth-order valence-electron chi connectivity index (χ4n) is 7.78. The summed E-state index contributed by atoms with van der Waals surface area (Å²) in [4.78, 5) is 97.9. The smallest absolute Gasteiger partial charge is 0.317 e. The number of hydrogen-bond donors (Lipinski definition) is 16. The van der Waals surface area contributed by atoms with Crippen LogP contribution in [0.5, 0.6) is 0 Å². The summed E-state index contributed by atoms with van der Waals surface area (Å²) >= 11 is 0. The predicted molar refractivity (Wildman–Crippen MR) is 256 cm³/mol. The van der Waals surface area contributed by atoms with E-state index in [1.807, 2.05) is 4.90 Å². The fourth-order valence-corrected chi connectivity index (χ4v) is 7.78. The van der Waals surface area contributed by atoms with Gasteiger partial charge in [-0.3, -0.25) is 53.2 Å². The molecule has 1 rings (SSSR count). The third-order valence-electron chi connectivity index (χ3n) is 12.4. The van der Waals surface area contributed by atoms with Crippen LogP contribution in [-0.4, -0.2) is 338 Å². The van der Waals surface area contributed by atoms with Gasteiger partial charge in [0.15, 0.2) is 0 Å². The minimum absolute atomic E-state index is 0.00311. The Morgan fingerprint density at radius 3 is 1.43 bits per heavy atom. The molecule has 1 aliphatic rings. The van der Waals surface area contributed by atoms with E-state index in [4.69, 9.17) is 14.5 Å². The van der Waals surface area contributed by atoms with E-state index in [-0.39, 0.29) is 117 Å². The molecule has 0 spiro atoms. The molecule has 74 heavy (non-hydrogen) atoms. The van der Waals surface area contributed by atoms with Gasteiger partial charge in [-0.25, -0.2) is 0 Å². The molecule has 0 unspecified atom stereocenters. The van der Waals surface area contributed by atoms with Crippen molar-refractivity contribution >= 4 is 36.1 Å². The monoisotopic (exact) mass is 1080 g/mol. The van der Waals surface area contributed by atoms with Crippen molar-refractivity contribution in [2.45, 2.75) is 54.3 Å². The molecule has 1 aliphatic heterocycles. The summed E-state index contributed by atoms with van der Waals surface area (Å²) in [5, 5.41) is 131. The van der Waals surface area contributed by atoms with Crippen molar-refractivity contribution in [1.82, 2.24) is 45.8 Å². The summed E-state index contributed by atoms with van der Waals surface area (Å²) in [6, 6.07) is 0. The van der Waals surface area contributed by atoms with E-state index in [2.05, 4.69) is 16.3 Å². The Labute approximate surface area is 429 Å². The molecule has 1 amide bonds. The first-order chi connectivity index (χ1) is 35.2. The molecule has 31 heteroatoms. The molecule has 0 saturated carbocycles. The van der Waals surface area contributed by atoms with Gasteiger partial charge in [-0.1, -0.05) is 0 Å². The number of rotatable bonds is 47. The number of hydrogen-bond acceptors (Lipinski definition) is 26. The first kappa shape index (κ1) is 68.2. The second-order valence-electron chi connectivity index (χ2n) is 18.4. The summed E-state index contributed by atoms with van der Waals surface area (Å²) in [5.41, 5.74) is -1.22. The van der Waals surface area contributed by atoms with Gasteiger partial charge in [0.05, 0.1) is 105 Å². The van der Waals surface area contributed by atoms with E-state index >= 15 is 0 Å². The van der Waals surface area contributed by atoms with Crippen LogP contribution in [0.15, 0.2) is 0 Å². The maximum atomic E-state index is 12.9. The van der Waals surface area contributed by atoms with E-state index in [0.29, 0.717) is 19.3 Å². The maximum absolute atomic E-state index is 12.9. The number of aliphatic hydroxyl groups excluding tert-OH is 9. The Balaban J connectivity index is 3.60. The second-order valence-corrected chi connectivity index (χ2v) is 18.4. The Morgan fingerprint density at radius 1 is 0.541 bits per heavy atom. The van der Waals surface area contributed by atoms with Crippen LogP contribution < -0.4 is 16.3 Å².